The van der Waals surface area contributed by atoms with Gasteiger partial charge in [-0.15, -0.1) is 5.10 Å². The molecule has 0 bridgehead atoms. The first kappa shape index (κ1) is 19.9. The largest absolute Gasteiger partial charge is 0.492 e. The molecule has 4 heterocycles. The number of aromatic hydroxyl groups is 1. The highest BCUT2D eigenvalue weighted by Crippen LogP contribution is 2.43. The van der Waals surface area contributed by atoms with Crippen LogP contribution < -0.4 is 0 Å². The van der Waals surface area contributed by atoms with Crippen molar-refractivity contribution in [3.63, 3.8) is 0 Å². The molecule has 3 aromatic rings. The van der Waals surface area contributed by atoms with Crippen LogP contribution in [0, 0.1) is 0 Å². The second kappa shape index (κ2) is 7.92. The summed E-state index contributed by atoms with van der Waals surface area (Å²) < 4.78 is 13.4. The van der Waals surface area contributed by atoms with Gasteiger partial charge in [0.25, 0.3) is 0 Å². The number of aryl methyl sites for hydroxylation is 2. The van der Waals surface area contributed by atoms with Crippen molar-refractivity contribution in [2.45, 2.75) is 51.4 Å². The van der Waals surface area contributed by atoms with Gasteiger partial charge in [-0.25, -0.2) is 4.98 Å². The molecule has 1 atom stereocenters. The van der Waals surface area contributed by atoms with Crippen LogP contribution in [0.1, 0.15) is 54.6 Å². The third kappa shape index (κ3) is 3.41. The normalized spacial score (nSPS) is 20.3. The maximum Gasteiger partial charge on any atom is 0.230 e. The van der Waals surface area contributed by atoms with E-state index in [4.69, 9.17) is 9.47 Å². The number of rotatable bonds is 5. The Balaban J connectivity index is 1.51. The quantitative estimate of drug-likeness (QED) is 0.670. The van der Waals surface area contributed by atoms with Gasteiger partial charge in [-0.2, -0.15) is 4.52 Å². The molecular weight excluding hydrogens is 400 g/mol. The van der Waals surface area contributed by atoms with Gasteiger partial charge in [-0.3, -0.25) is 4.90 Å². The lowest BCUT2D eigenvalue weighted by molar-refractivity contribution is -0.187. The average molecular weight is 429 g/mol. The number of likely N-dealkylation sites (tertiary alicyclic amines) is 1. The van der Waals surface area contributed by atoms with Crippen molar-refractivity contribution in [2.24, 2.45) is 0 Å². The average Bonchev–Trinajstić information content (AvgIpc) is 3.48. The Labute approximate surface area is 180 Å². The molecule has 0 saturated carbocycles. The fourth-order valence-electron chi connectivity index (χ4n) is 4.49. The van der Waals surface area contributed by atoms with E-state index in [2.05, 4.69) is 46.2 Å². The maximum atomic E-state index is 11.1. The van der Waals surface area contributed by atoms with E-state index in [0.29, 0.717) is 13.2 Å². The molecule has 7 nitrogen and oxygen atoms in total. The summed E-state index contributed by atoms with van der Waals surface area (Å²) in [5.74, 6) is 0.527. The van der Waals surface area contributed by atoms with Crippen molar-refractivity contribution >= 4 is 16.3 Å². The lowest BCUT2D eigenvalue weighted by Crippen LogP contribution is -2.46. The predicted molar refractivity (Wildman–Crippen MR) is 115 cm³/mol. The van der Waals surface area contributed by atoms with Crippen LogP contribution in [0.5, 0.6) is 5.88 Å². The summed E-state index contributed by atoms with van der Waals surface area (Å²) in [6, 6.07) is 8.68. The Hall–Kier alpha value is -2.00. The second-order valence-corrected chi connectivity index (χ2v) is 9.02. The number of ether oxygens (including phenoxy) is 2. The van der Waals surface area contributed by atoms with Crippen LogP contribution in [0.3, 0.4) is 0 Å². The van der Waals surface area contributed by atoms with Crippen molar-refractivity contribution in [3.05, 3.63) is 46.1 Å². The standard InChI is InChI=1S/C22H28N4O3S/c1-3-15-5-7-16(8-6-15)18(25-11-9-22(10-12-25)28-13-14-29-22)19-20(27)26-21(30-19)23-17(4-2)24-26/h5-8,18,27H,3-4,9-14H2,1-2H3/t18-/m0/s1. The summed E-state index contributed by atoms with van der Waals surface area (Å²) in [7, 11) is 0. The molecule has 2 aliphatic heterocycles. The van der Waals surface area contributed by atoms with Crippen LogP contribution in [-0.4, -0.2) is 56.7 Å². The zero-order chi connectivity index (χ0) is 20.7. The Morgan fingerprint density at radius 2 is 1.80 bits per heavy atom. The number of thiazole rings is 1. The van der Waals surface area contributed by atoms with E-state index in [0.717, 1.165) is 54.4 Å². The van der Waals surface area contributed by atoms with Gasteiger partial charge in [0, 0.05) is 32.4 Å². The third-order valence-electron chi connectivity index (χ3n) is 6.25. The molecule has 0 amide bonds. The highest BCUT2D eigenvalue weighted by molar-refractivity contribution is 7.17. The Morgan fingerprint density at radius 3 is 2.40 bits per heavy atom. The van der Waals surface area contributed by atoms with E-state index in [9.17, 15) is 5.11 Å². The minimum atomic E-state index is -0.420. The van der Waals surface area contributed by atoms with E-state index >= 15 is 0 Å². The highest BCUT2D eigenvalue weighted by atomic mass is 32.1. The lowest BCUT2D eigenvalue weighted by Gasteiger charge is -2.41. The number of hydrogen-bond donors (Lipinski definition) is 1. The molecule has 30 heavy (non-hydrogen) atoms. The molecule has 160 valence electrons. The summed E-state index contributed by atoms with van der Waals surface area (Å²) >= 11 is 1.53. The summed E-state index contributed by atoms with van der Waals surface area (Å²) in [4.78, 5) is 8.62. The second-order valence-electron chi connectivity index (χ2n) is 8.01. The molecule has 8 heteroatoms. The van der Waals surface area contributed by atoms with Crippen LogP contribution in [0.15, 0.2) is 24.3 Å². The van der Waals surface area contributed by atoms with Crippen LogP contribution >= 0.6 is 11.3 Å². The van der Waals surface area contributed by atoms with Crippen LogP contribution in [-0.2, 0) is 22.3 Å². The minimum absolute atomic E-state index is 0.0479. The van der Waals surface area contributed by atoms with Crippen LogP contribution in [0.4, 0.5) is 0 Å². The first-order valence-corrected chi connectivity index (χ1v) is 11.6. The Morgan fingerprint density at radius 1 is 1.10 bits per heavy atom. The van der Waals surface area contributed by atoms with E-state index in [1.165, 1.54) is 22.5 Å². The summed E-state index contributed by atoms with van der Waals surface area (Å²) in [6.07, 6.45) is 3.42. The number of nitrogens with zero attached hydrogens (tertiary/aromatic N) is 4. The van der Waals surface area contributed by atoms with E-state index in [1.807, 2.05) is 6.92 Å². The molecule has 2 fully saturated rings. The number of hydrogen-bond acceptors (Lipinski definition) is 7. The predicted octanol–water partition coefficient (Wildman–Crippen LogP) is 3.55. The van der Waals surface area contributed by atoms with Crippen molar-refractivity contribution < 1.29 is 14.6 Å². The van der Waals surface area contributed by atoms with Gasteiger partial charge < -0.3 is 14.6 Å². The highest BCUT2D eigenvalue weighted by Gasteiger charge is 2.42. The van der Waals surface area contributed by atoms with Gasteiger partial charge in [-0.1, -0.05) is 49.4 Å². The van der Waals surface area contributed by atoms with Gasteiger partial charge >= 0.3 is 0 Å². The molecule has 0 aliphatic carbocycles. The molecule has 0 unspecified atom stereocenters. The van der Waals surface area contributed by atoms with Crippen molar-refractivity contribution in [1.29, 1.82) is 0 Å². The topological polar surface area (TPSA) is 72.1 Å². The zero-order valence-electron chi connectivity index (χ0n) is 17.5. The van der Waals surface area contributed by atoms with Crippen molar-refractivity contribution in [1.82, 2.24) is 19.5 Å². The molecule has 1 spiro atoms. The fourth-order valence-corrected chi connectivity index (χ4v) is 5.63. The summed E-state index contributed by atoms with van der Waals surface area (Å²) in [6.45, 7) is 7.22. The molecular formula is C22H28N4O3S. The summed E-state index contributed by atoms with van der Waals surface area (Å²) in [5, 5.41) is 15.5. The third-order valence-corrected chi connectivity index (χ3v) is 7.32. The van der Waals surface area contributed by atoms with E-state index in [1.54, 1.807) is 4.52 Å². The van der Waals surface area contributed by atoms with Gasteiger partial charge in [0.05, 0.1) is 24.1 Å². The number of fused-ring (bicyclic) bond motifs is 1. The van der Waals surface area contributed by atoms with Crippen molar-refractivity contribution in [2.75, 3.05) is 26.3 Å². The monoisotopic (exact) mass is 428 g/mol. The SMILES string of the molecule is CCc1ccc([C@@H](c2sc3nc(CC)nn3c2O)N2CCC3(CC2)OCCO3)cc1. The van der Waals surface area contributed by atoms with Crippen molar-refractivity contribution in [3.8, 4) is 5.88 Å². The Bertz CT molecular complexity index is 1010. The number of piperidine rings is 1. The van der Waals surface area contributed by atoms with Gasteiger partial charge in [0.15, 0.2) is 11.6 Å². The first-order chi connectivity index (χ1) is 14.6. The molecule has 2 aromatic heterocycles. The van der Waals surface area contributed by atoms with Gasteiger partial charge in [0.2, 0.25) is 10.8 Å². The minimum Gasteiger partial charge on any atom is -0.492 e. The van der Waals surface area contributed by atoms with E-state index < -0.39 is 5.79 Å². The van der Waals surface area contributed by atoms with Crippen LogP contribution in [0.2, 0.25) is 0 Å². The van der Waals surface area contributed by atoms with Crippen LogP contribution in [0.25, 0.3) is 4.96 Å². The Kier molecular flexibility index (Phi) is 5.26. The maximum absolute atomic E-state index is 11.1. The van der Waals surface area contributed by atoms with E-state index in [-0.39, 0.29) is 11.9 Å². The first-order valence-electron chi connectivity index (χ1n) is 10.8. The van der Waals surface area contributed by atoms with Gasteiger partial charge in [0.1, 0.15) is 0 Å². The molecule has 1 N–H and O–H groups in total. The molecule has 5 rings (SSSR count). The number of aromatic nitrogens is 3. The fraction of sp³-hybridized carbons (Fsp3) is 0.545. The number of benzene rings is 1. The molecule has 2 saturated heterocycles. The molecule has 1 aromatic carbocycles. The lowest BCUT2D eigenvalue weighted by atomic mass is 9.96. The molecule has 2 aliphatic rings. The van der Waals surface area contributed by atoms with Gasteiger partial charge in [-0.05, 0) is 17.5 Å². The zero-order valence-corrected chi connectivity index (χ0v) is 18.3. The molecule has 0 radical (unpaired) electrons. The smallest absolute Gasteiger partial charge is 0.230 e. The summed E-state index contributed by atoms with van der Waals surface area (Å²) in [5.41, 5.74) is 2.48.